The maximum atomic E-state index is 14.2. The first-order valence-electron chi connectivity index (χ1n) is 11.2. The Labute approximate surface area is 226 Å². The molecule has 1 fully saturated rings. The second kappa shape index (κ2) is 9.84. The van der Waals surface area contributed by atoms with Gasteiger partial charge in [-0.05, 0) is 55.2 Å². The highest BCUT2D eigenvalue weighted by Crippen LogP contribution is 2.50. The molecule has 4 rings (SSSR count). The van der Waals surface area contributed by atoms with Gasteiger partial charge in [0.15, 0.2) is 0 Å². The number of hydrogen-bond donors (Lipinski definition) is 2. The Bertz CT molecular complexity index is 1350. The first kappa shape index (κ1) is 28.9. The van der Waals surface area contributed by atoms with E-state index in [-0.39, 0.29) is 35.2 Å². The molecular formula is C24H18Cl2F7N3O3. The number of carbonyl (C=O) groups excluding carboxylic acids is 2. The van der Waals surface area contributed by atoms with Gasteiger partial charge in [0.05, 0.1) is 22.3 Å². The second-order valence-corrected chi connectivity index (χ2v) is 10.0. The smallest absolute Gasteiger partial charge is 0.374 e. The third kappa shape index (κ3) is 5.38. The van der Waals surface area contributed by atoms with E-state index in [4.69, 9.17) is 28.0 Å². The van der Waals surface area contributed by atoms with E-state index in [1.165, 1.54) is 25.1 Å². The minimum Gasteiger partial charge on any atom is -0.374 e. The number of hydrogen-bond acceptors (Lipinski definition) is 4. The van der Waals surface area contributed by atoms with Crippen LogP contribution in [0.15, 0.2) is 35.5 Å². The molecule has 2 aromatic rings. The van der Waals surface area contributed by atoms with Crippen molar-refractivity contribution in [3.63, 3.8) is 0 Å². The zero-order chi connectivity index (χ0) is 29.0. The molecule has 0 aromatic heterocycles. The van der Waals surface area contributed by atoms with Crippen LogP contribution >= 0.6 is 23.2 Å². The van der Waals surface area contributed by atoms with Crippen molar-refractivity contribution in [3.05, 3.63) is 68.4 Å². The molecule has 2 aliphatic rings. The minimum absolute atomic E-state index is 0.0247. The normalized spacial score (nSPS) is 20.2. The topological polar surface area (TPSA) is 79.8 Å². The highest BCUT2D eigenvalue weighted by atomic mass is 35.5. The lowest BCUT2D eigenvalue weighted by molar-refractivity contribution is -0.275. The molecular weight excluding hydrogens is 582 g/mol. The minimum atomic E-state index is -5.04. The Morgan fingerprint density at radius 3 is 2.26 bits per heavy atom. The standard InChI is InChI=1S/C24H18Cl2F7N3O3/c1-11-6-12(2-3-14(11)20(38)34-10-18(37)35-21(4-5-21)23(28,29)30)17-9-22(39-36-17,24(31,32)33)13-7-15(25)19(26)16(27)8-13/h2-3,6-8H,4-5,9-10H2,1H3,(H,34,38)(H,35,37). The van der Waals surface area contributed by atoms with Crippen molar-refractivity contribution < 1.29 is 45.2 Å². The Morgan fingerprint density at radius 2 is 1.72 bits per heavy atom. The molecule has 1 aliphatic heterocycles. The zero-order valence-corrected chi connectivity index (χ0v) is 21.3. The fourth-order valence-electron chi connectivity index (χ4n) is 4.12. The van der Waals surface area contributed by atoms with Crippen molar-refractivity contribution in [3.8, 4) is 0 Å². The van der Waals surface area contributed by atoms with Gasteiger partial charge < -0.3 is 15.5 Å². The van der Waals surface area contributed by atoms with Crippen molar-refractivity contribution in [1.82, 2.24) is 10.6 Å². The number of oxime groups is 1. The van der Waals surface area contributed by atoms with Crippen molar-refractivity contribution in [2.24, 2.45) is 5.16 Å². The number of aryl methyl sites for hydroxylation is 1. The molecule has 39 heavy (non-hydrogen) atoms. The summed E-state index contributed by atoms with van der Waals surface area (Å²) in [6.45, 7) is 0.746. The molecule has 2 aromatic carbocycles. The monoisotopic (exact) mass is 599 g/mol. The molecule has 1 saturated carbocycles. The van der Waals surface area contributed by atoms with E-state index in [9.17, 15) is 40.3 Å². The van der Waals surface area contributed by atoms with E-state index in [0.717, 1.165) is 6.07 Å². The molecule has 2 amide bonds. The van der Waals surface area contributed by atoms with Crippen molar-refractivity contribution in [1.29, 1.82) is 0 Å². The zero-order valence-electron chi connectivity index (χ0n) is 19.8. The van der Waals surface area contributed by atoms with Gasteiger partial charge in [0.25, 0.3) is 11.5 Å². The highest BCUT2D eigenvalue weighted by Gasteiger charge is 2.64. The first-order valence-corrected chi connectivity index (χ1v) is 12.0. The number of alkyl halides is 6. The van der Waals surface area contributed by atoms with Crippen LogP contribution in [0.4, 0.5) is 30.7 Å². The lowest BCUT2D eigenvalue weighted by atomic mass is 9.86. The number of nitrogens with zero attached hydrogens (tertiary/aromatic N) is 1. The van der Waals surface area contributed by atoms with Gasteiger partial charge in [-0.25, -0.2) is 4.39 Å². The van der Waals surface area contributed by atoms with Gasteiger partial charge in [0.1, 0.15) is 11.4 Å². The van der Waals surface area contributed by atoms with Crippen molar-refractivity contribution in [2.75, 3.05) is 6.54 Å². The lowest BCUT2D eigenvalue weighted by Gasteiger charge is -2.29. The first-order chi connectivity index (χ1) is 18.0. The average molecular weight is 600 g/mol. The van der Waals surface area contributed by atoms with Crippen molar-refractivity contribution >= 4 is 40.7 Å². The van der Waals surface area contributed by atoms with Crippen molar-refractivity contribution in [2.45, 2.75) is 49.7 Å². The molecule has 0 radical (unpaired) electrons. The molecule has 0 bridgehead atoms. The van der Waals surface area contributed by atoms with Gasteiger partial charge in [0, 0.05) is 17.5 Å². The summed E-state index contributed by atoms with van der Waals surface area (Å²) in [5.74, 6) is -2.98. The molecule has 1 unspecified atom stereocenters. The average Bonchev–Trinajstić information content (AvgIpc) is 3.47. The summed E-state index contributed by atoms with van der Waals surface area (Å²) in [4.78, 5) is 29.3. The van der Waals surface area contributed by atoms with Crippen LogP contribution in [0.3, 0.4) is 0 Å². The Morgan fingerprint density at radius 1 is 1.05 bits per heavy atom. The predicted molar refractivity (Wildman–Crippen MR) is 126 cm³/mol. The maximum absolute atomic E-state index is 14.2. The van der Waals surface area contributed by atoms with E-state index in [1.807, 2.05) is 5.32 Å². The van der Waals surface area contributed by atoms with Crippen LogP contribution in [-0.2, 0) is 15.2 Å². The van der Waals surface area contributed by atoms with E-state index < -0.39 is 69.7 Å². The van der Waals surface area contributed by atoms with Gasteiger partial charge in [0.2, 0.25) is 5.91 Å². The summed E-state index contributed by atoms with van der Waals surface area (Å²) >= 11 is 11.4. The summed E-state index contributed by atoms with van der Waals surface area (Å²) in [5.41, 5.74) is -5.67. The van der Waals surface area contributed by atoms with Crippen LogP contribution in [0, 0.1) is 12.7 Å². The molecule has 15 heteroatoms. The molecule has 2 N–H and O–H groups in total. The summed E-state index contributed by atoms with van der Waals surface area (Å²) in [7, 11) is 0. The van der Waals surface area contributed by atoms with Gasteiger partial charge in [-0.15, -0.1) is 0 Å². The van der Waals surface area contributed by atoms with Gasteiger partial charge >= 0.3 is 12.4 Å². The third-order valence-corrected chi connectivity index (χ3v) is 7.30. The number of halogens is 9. The molecule has 210 valence electrons. The van der Waals surface area contributed by atoms with Gasteiger partial charge in [-0.1, -0.05) is 34.4 Å². The fourth-order valence-corrected chi connectivity index (χ4v) is 4.43. The largest absolute Gasteiger partial charge is 0.435 e. The number of rotatable bonds is 6. The van der Waals surface area contributed by atoms with Crippen LogP contribution in [-0.4, -0.2) is 42.0 Å². The molecule has 1 heterocycles. The van der Waals surface area contributed by atoms with Crippen LogP contribution in [0.25, 0.3) is 0 Å². The fraction of sp³-hybridized carbons (Fsp3) is 0.375. The molecule has 6 nitrogen and oxygen atoms in total. The van der Waals surface area contributed by atoms with Crippen LogP contribution < -0.4 is 10.6 Å². The molecule has 0 saturated heterocycles. The molecule has 0 spiro atoms. The number of carbonyl (C=O) groups is 2. The number of benzene rings is 2. The summed E-state index contributed by atoms with van der Waals surface area (Å²) in [5, 5.41) is 6.67. The highest BCUT2D eigenvalue weighted by molar-refractivity contribution is 6.42. The third-order valence-electron chi connectivity index (χ3n) is 6.52. The van der Waals surface area contributed by atoms with E-state index in [0.29, 0.717) is 6.07 Å². The Kier molecular flexibility index (Phi) is 7.30. The maximum Gasteiger partial charge on any atom is 0.435 e. The Hall–Kier alpha value is -3.06. The van der Waals surface area contributed by atoms with E-state index >= 15 is 0 Å². The van der Waals surface area contributed by atoms with E-state index in [1.54, 1.807) is 0 Å². The predicted octanol–water partition coefficient (Wildman–Crippen LogP) is 5.96. The summed E-state index contributed by atoms with van der Waals surface area (Å²) in [6, 6.07) is 5.30. The lowest BCUT2D eigenvalue weighted by Crippen LogP contribution is -2.50. The van der Waals surface area contributed by atoms with Crippen LogP contribution in [0.1, 0.15) is 46.3 Å². The van der Waals surface area contributed by atoms with Crippen LogP contribution in [0.5, 0.6) is 0 Å². The van der Waals surface area contributed by atoms with Crippen LogP contribution in [0.2, 0.25) is 10.0 Å². The number of amides is 2. The molecule has 1 aliphatic carbocycles. The summed E-state index contributed by atoms with van der Waals surface area (Å²) in [6.07, 6.45) is -11.0. The summed E-state index contributed by atoms with van der Waals surface area (Å²) < 4.78 is 95.6. The second-order valence-electron chi connectivity index (χ2n) is 9.23. The van der Waals surface area contributed by atoms with Gasteiger partial charge in [-0.3, -0.25) is 9.59 Å². The van der Waals surface area contributed by atoms with Gasteiger partial charge in [-0.2, -0.15) is 26.3 Å². The Balaban J connectivity index is 1.48. The molecule has 1 atom stereocenters. The number of nitrogens with one attached hydrogen (secondary N) is 2. The van der Waals surface area contributed by atoms with E-state index in [2.05, 4.69) is 10.5 Å². The quantitative estimate of drug-likeness (QED) is 0.317. The SMILES string of the molecule is Cc1cc(C2=NOC(c3cc(F)c(Cl)c(Cl)c3)(C(F)(F)F)C2)ccc1C(=O)NCC(=O)NC1(C(F)(F)F)CC1.